The van der Waals surface area contributed by atoms with Crippen molar-refractivity contribution in [2.75, 3.05) is 13.6 Å². The zero-order valence-corrected chi connectivity index (χ0v) is 14.5. The van der Waals surface area contributed by atoms with E-state index in [-0.39, 0.29) is 5.56 Å². The van der Waals surface area contributed by atoms with Crippen LogP contribution in [0.4, 0.5) is 0 Å². The van der Waals surface area contributed by atoms with Gasteiger partial charge in [-0.05, 0) is 56.1 Å². The third kappa shape index (κ3) is 3.35. The lowest BCUT2D eigenvalue weighted by Crippen LogP contribution is -2.33. The minimum Gasteiger partial charge on any atom is -0.310 e. The first-order valence-corrected chi connectivity index (χ1v) is 8.95. The summed E-state index contributed by atoms with van der Waals surface area (Å²) in [6.07, 6.45) is 4.06. The predicted molar refractivity (Wildman–Crippen MR) is 101 cm³/mol. The number of nitrogens with one attached hydrogen (secondary N) is 1. The number of aromatic nitrogens is 2. The van der Waals surface area contributed by atoms with Crippen molar-refractivity contribution in [1.82, 2.24) is 14.9 Å². The van der Waals surface area contributed by atoms with Crippen LogP contribution < -0.4 is 5.56 Å². The molecule has 1 aromatic heterocycles. The predicted octanol–water partition coefficient (Wildman–Crippen LogP) is 2.95. The fourth-order valence-corrected chi connectivity index (χ4v) is 3.78. The summed E-state index contributed by atoms with van der Waals surface area (Å²) >= 11 is 0. The fraction of sp³-hybridized carbons (Fsp3) is 0.333. The topological polar surface area (TPSA) is 49.0 Å². The molecule has 0 spiro atoms. The van der Waals surface area contributed by atoms with Crippen molar-refractivity contribution < 1.29 is 0 Å². The Morgan fingerprint density at radius 1 is 1.08 bits per heavy atom. The van der Waals surface area contributed by atoms with Gasteiger partial charge in [0.1, 0.15) is 5.82 Å². The molecule has 0 unspecified atom stereocenters. The molecule has 4 rings (SSSR count). The Balaban J connectivity index is 1.36. The molecule has 1 aliphatic rings. The highest BCUT2D eigenvalue weighted by molar-refractivity contribution is 5.77. The minimum atomic E-state index is -0.0415. The zero-order chi connectivity index (χ0) is 17.2. The summed E-state index contributed by atoms with van der Waals surface area (Å²) in [6, 6.07) is 16.8. The SMILES string of the molecule is CN(CCCc1nc2ccccc2c(=O)[nH]1)C1Cc2ccccc2C1. The number of H-pyrrole nitrogens is 1. The Labute approximate surface area is 147 Å². The average Bonchev–Trinajstić information content (AvgIpc) is 3.06. The van der Waals surface area contributed by atoms with E-state index >= 15 is 0 Å². The third-order valence-electron chi connectivity index (χ3n) is 5.24. The van der Waals surface area contributed by atoms with Crippen molar-refractivity contribution in [3.63, 3.8) is 0 Å². The van der Waals surface area contributed by atoms with Crippen LogP contribution in [0.3, 0.4) is 0 Å². The van der Waals surface area contributed by atoms with Crippen LogP contribution in [0.2, 0.25) is 0 Å². The van der Waals surface area contributed by atoms with E-state index in [1.807, 2.05) is 24.3 Å². The lowest BCUT2D eigenvalue weighted by atomic mass is 10.1. The number of fused-ring (bicyclic) bond motifs is 2. The molecule has 1 N–H and O–H groups in total. The summed E-state index contributed by atoms with van der Waals surface area (Å²) in [4.78, 5) is 22.1. The van der Waals surface area contributed by atoms with E-state index in [9.17, 15) is 4.79 Å². The quantitative estimate of drug-likeness (QED) is 0.781. The molecule has 2 aromatic carbocycles. The van der Waals surface area contributed by atoms with E-state index in [0.29, 0.717) is 11.4 Å². The second-order valence-corrected chi connectivity index (χ2v) is 6.94. The fourth-order valence-electron chi connectivity index (χ4n) is 3.78. The molecule has 0 saturated carbocycles. The maximum Gasteiger partial charge on any atom is 0.258 e. The molecular weight excluding hydrogens is 310 g/mol. The number of aromatic amines is 1. The van der Waals surface area contributed by atoms with Crippen molar-refractivity contribution in [1.29, 1.82) is 0 Å². The molecule has 0 radical (unpaired) electrons. The van der Waals surface area contributed by atoms with Gasteiger partial charge < -0.3 is 9.88 Å². The first-order chi connectivity index (χ1) is 12.2. The molecule has 0 saturated heterocycles. The normalized spacial score (nSPS) is 14.3. The van der Waals surface area contributed by atoms with E-state index in [1.54, 1.807) is 0 Å². The van der Waals surface area contributed by atoms with Gasteiger partial charge in [-0.3, -0.25) is 4.79 Å². The van der Waals surface area contributed by atoms with E-state index < -0.39 is 0 Å². The molecule has 128 valence electrons. The maximum absolute atomic E-state index is 12.1. The Kier molecular flexibility index (Phi) is 4.36. The highest BCUT2D eigenvalue weighted by Crippen LogP contribution is 2.24. The van der Waals surface area contributed by atoms with E-state index in [0.717, 1.165) is 43.6 Å². The van der Waals surface area contributed by atoms with Gasteiger partial charge in [0, 0.05) is 12.5 Å². The minimum absolute atomic E-state index is 0.0415. The molecule has 1 aliphatic carbocycles. The lowest BCUT2D eigenvalue weighted by Gasteiger charge is -2.23. The maximum atomic E-state index is 12.1. The highest BCUT2D eigenvalue weighted by atomic mass is 16.1. The first-order valence-electron chi connectivity index (χ1n) is 8.95. The van der Waals surface area contributed by atoms with Gasteiger partial charge in [-0.2, -0.15) is 0 Å². The van der Waals surface area contributed by atoms with Gasteiger partial charge in [0.2, 0.25) is 0 Å². The summed E-state index contributed by atoms with van der Waals surface area (Å²) in [7, 11) is 2.20. The number of hydrogen-bond donors (Lipinski definition) is 1. The van der Waals surface area contributed by atoms with Gasteiger partial charge >= 0.3 is 0 Å². The second-order valence-electron chi connectivity index (χ2n) is 6.94. The molecule has 0 fully saturated rings. The van der Waals surface area contributed by atoms with Crippen molar-refractivity contribution in [3.8, 4) is 0 Å². The molecule has 0 bridgehead atoms. The molecule has 0 atom stereocenters. The second kappa shape index (κ2) is 6.81. The molecule has 4 heteroatoms. The Bertz CT molecular complexity index is 922. The third-order valence-corrected chi connectivity index (χ3v) is 5.24. The molecule has 1 heterocycles. The van der Waals surface area contributed by atoms with Gasteiger partial charge in [-0.25, -0.2) is 4.98 Å². The number of rotatable bonds is 5. The van der Waals surface area contributed by atoms with Crippen molar-refractivity contribution >= 4 is 10.9 Å². The number of benzene rings is 2. The molecule has 0 amide bonds. The summed E-state index contributed by atoms with van der Waals surface area (Å²) in [5, 5.41) is 0.659. The number of para-hydroxylation sites is 1. The molecule has 4 nitrogen and oxygen atoms in total. The van der Waals surface area contributed by atoms with E-state index in [2.05, 4.69) is 46.2 Å². The summed E-state index contributed by atoms with van der Waals surface area (Å²) in [5.41, 5.74) is 3.71. The van der Waals surface area contributed by atoms with Gasteiger partial charge in [0.05, 0.1) is 10.9 Å². The Morgan fingerprint density at radius 2 is 1.76 bits per heavy atom. The van der Waals surface area contributed by atoms with Crippen LogP contribution in [0.15, 0.2) is 53.3 Å². The first kappa shape index (κ1) is 16.0. The molecule has 25 heavy (non-hydrogen) atoms. The Morgan fingerprint density at radius 3 is 2.52 bits per heavy atom. The van der Waals surface area contributed by atoms with Crippen LogP contribution in [0, 0.1) is 0 Å². The standard InChI is InChI=1S/C21H23N3O/c1-24(17-13-15-7-2-3-8-16(15)14-17)12-6-11-20-22-19-10-5-4-9-18(19)21(25)23-20/h2-5,7-10,17H,6,11-14H2,1H3,(H,22,23,25). The Hall–Kier alpha value is -2.46. The molecule has 3 aromatic rings. The van der Waals surface area contributed by atoms with Gasteiger partial charge in [-0.1, -0.05) is 36.4 Å². The van der Waals surface area contributed by atoms with Crippen LogP contribution >= 0.6 is 0 Å². The van der Waals surface area contributed by atoms with Crippen molar-refractivity contribution in [3.05, 3.63) is 75.8 Å². The monoisotopic (exact) mass is 333 g/mol. The summed E-state index contributed by atoms with van der Waals surface area (Å²) in [5.74, 6) is 0.784. The smallest absolute Gasteiger partial charge is 0.258 e. The van der Waals surface area contributed by atoms with Gasteiger partial charge in [0.15, 0.2) is 0 Å². The molecular formula is C21H23N3O. The van der Waals surface area contributed by atoms with E-state index in [1.165, 1.54) is 11.1 Å². The number of hydrogen-bond acceptors (Lipinski definition) is 3. The van der Waals surface area contributed by atoms with Gasteiger partial charge in [0.25, 0.3) is 5.56 Å². The lowest BCUT2D eigenvalue weighted by molar-refractivity contribution is 0.246. The summed E-state index contributed by atoms with van der Waals surface area (Å²) < 4.78 is 0. The van der Waals surface area contributed by atoms with Crippen LogP contribution in [-0.2, 0) is 19.3 Å². The summed E-state index contributed by atoms with van der Waals surface area (Å²) in [6.45, 7) is 1.01. The molecule has 0 aliphatic heterocycles. The average molecular weight is 333 g/mol. The zero-order valence-electron chi connectivity index (χ0n) is 14.5. The van der Waals surface area contributed by atoms with Crippen LogP contribution in [0.1, 0.15) is 23.4 Å². The van der Waals surface area contributed by atoms with Crippen LogP contribution in [0.25, 0.3) is 10.9 Å². The van der Waals surface area contributed by atoms with Gasteiger partial charge in [-0.15, -0.1) is 0 Å². The van der Waals surface area contributed by atoms with Crippen LogP contribution in [-0.4, -0.2) is 34.5 Å². The van der Waals surface area contributed by atoms with Crippen LogP contribution in [0.5, 0.6) is 0 Å². The van der Waals surface area contributed by atoms with E-state index in [4.69, 9.17) is 0 Å². The van der Waals surface area contributed by atoms with Crippen molar-refractivity contribution in [2.24, 2.45) is 0 Å². The highest BCUT2D eigenvalue weighted by Gasteiger charge is 2.23. The number of nitrogens with zero attached hydrogens (tertiary/aromatic N) is 2. The number of likely N-dealkylation sites (N-methyl/N-ethyl adjacent to an activating group) is 1. The largest absolute Gasteiger partial charge is 0.310 e. The van der Waals surface area contributed by atoms with Crippen molar-refractivity contribution in [2.45, 2.75) is 31.7 Å². The number of aryl methyl sites for hydroxylation is 1.